The number of unbranched alkanes of at least 4 members (excludes halogenated alkanes) is 9. The largest absolute Gasteiger partial charge is 0.0885 e. The first kappa shape index (κ1) is 16.7. The zero-order valence-corrected chi connectivity index (χ0v) is 12.5. The molecule has 0 atom stereocenters. The molecule has 0 amide bonds. The van der Waals surface area contributed by atoms with Crippen LogP contribution in [0.1, 0.15) is 91.4 Å². The number of hydrogen-bond acceptors (Lipinski definition) is 0. The van der Waals surface area contributed by atoms with Crippen LogP contribution in [-0.4, -0.2) is 0 Å². The molecule has 0 aromatic rings. The highest BCUT2D eigenvalue weighted by Crippen LogP contribution is 2.11. The maximum absolute atomic E-state index is 2.38. The van der Waals surface area contributed by atoms with Gasteiger partial charge in [-0.05, 0) is 25.2 Å². The van der Waals surface area contributed by atoms with E-state index in [0.717, 1.165) is 5.92 Å². The van der Waals surface area contributed by atoms with Crippen LogP contribution in [0.25, 0.3) is 0 Å². The van der Waals surface area contributed by atoms with Crippen molar-refractivity contribution in [1.29, 1.82) is 0 Å². The van der Waals surface area contributed by atoms with Gasteiger partial charge in [0.1, 0.15) is 0 Å². The third-order valence-corrected chi connectivity index (χ3v) is 3.25. The van der Waals surface area contributed by atoms with Gasteiger partial charge in [0, 0.05) is 0 Å². The fourth-order valence-corrected chi connectivity index (χ4v) is 2.06. The Morgan fingerprint density at radius 1 is 0.706 bits per heavy atom. The zero-order chi connectivity index (χ0) is 12.8. The standard InChI is InChI=1S/C17H34/c1-4-5-6-7-8-9-10-11-12-13-14-15-16-17(2)3/h14-15,17H,4-13,16H2,1-3H3/b15-14+. The lowest BCUT2D eigenvalue weighted by Crippen LogP contribution is -1.82. The Bertz CT molecular complexity index is 155. The quantitative estimate of drug-likeness (QED) is 0.268. The summed E-state index contributed by atoms with van der Waals surface area (Å²) in [6.07, 6.45) is 20.2. The van der Waals surface area contributed by atoms with Crippen LogP contribution >= 0.6 is 0 Å². The summed E-state index contributed by atoms with van der Waals surface area (Å²) in [5.41, 5.74) is 0. The van der Waals surface area contributed by atoms with Gasteiger partial charge in [0.2, 0.25) is 0 Å². The van der Waals surface area contributed by atoms with E-state index in [9.17, 15) is 0 Å². The van der Waals surface area contributed by atoms with E-state index in [1.807, 2.05) is 0 Å². The summed E-state index contributed by atoms with van der Waals surface area (Å²) in [4.78, 5) is 0. The first-order chi connectivity index (χ1) is 8.27. The Kier molecular flexibility index (Phi) is 13.6. The van der Waals surface area contributed by atoms with Crippen LogP contribution in [0.15, 0.2) is 12.2 Å². The van der Waals surface area contributed by atoms with E-state index in [1.54, 1.807) is 0 Å². The molecule has 0 aromatic heterocycles. The van der Waals surface area contributed by atoms with E-state index in [2.05, 4.69) is 32.9 Å². The van der Waals surface area contributed by atoms with Gasteiger partial charge in [0.05, 0.1) is 0 Å². The van der Waals surface area contributed by atoms with E-state index < -0.39 is 0 Å². The molecule has 0 aliphatic rings. The van der Waals surface area contributed by atoms with Crippen molar-refractivity contribution < 1.29 is 0 Å². The predicted octanol–water partition coefficient (Wildman–Crippen LogP) is 6.51. The molecule has 0 bridgehead atoms. The molecule has 0 N–H and O–H groups in total. The normalized spacial score (nSPS) is 11.8. The molecule has 0 heterocycles. The van der Waals surface area contributed by atoms with Crippen LogP contribution in [0.4, 0.5) is 0 Å². The van der Waals surface area contributed by atoms with Gasteiger partial charge in [-0.3, -0.25) is 0 Å². The van der Waals surface area contributed by atoms with E-state index in [1.165, 1.54) is 70.6 Å². The highest BCUT2D eigenvalue weighted by molar-refractivity contribution is 4.82. The second-order valence-corrected chi connectivity index (χ2v) is 5.72. The molecule has 0 aliphatic carbocycles. The van der Waals surface area contributed by atoms with Crippen molar-refractivity contribution in [2.24, 2.45) is 5.92 Å². The molecule has 0 aromatic carbocycles. The van der Waals surface area contributed by atoms with E-state index in [0.29, 0.717) is 0 Å². The highest BCUT2D eigenvalue weighted by Gasteiger charge is 1.91. The van der Waals surface area contributed by atoms with Crippen molar-refractivity contribution in [3.05, 3.63) is 12.2 Å². The summed E-state index contributed by atoms with van der Waals surface area (Å²) in [7, 11) is 0. The second kappa shape index (κ2) is 13.8. The molecule has 0 radical (unpaired) electrons. The minimum Gasteiger partial charge on any atom is -0.0885 e. The first-order valence-electron chi connectivity index (χ1n) is 7.92. The SMILES string of the molecule is CCCCCCCCCCC/C=C/CC(C)C. The maximum Gasteiger partial charge on any atom is -0.0327 e. The summed E-state index contributed by atoms with van der Waals surface area (Å²) in [5.74, 6) is 0.814. The van der Waals surface area contributed by atoms with Crippen molar-refractivity contribution in [1.82, 2.24) is 0 Å². The Morgan fingerprint density at radius 2 is 1.24 bits per heavy atom. The number of allylic oxidation sites excluding steroid dienone is 2. The summed E-state index contributed by atoms with van der Waals surface area (Å²) in [6.45, 7) is 6.85. The molecular weight excluding hydrogens is 204 g/mol. The van der Waals surface area contributed by atoms with Gasteiger partial charge in [0.15, 0.2) is 0 Å². The molecule has 0 spiro atoms. The van der Waals surface area contributed by atoms with Crippen LogP contribution < -0.4 is 0 Å². The lowest BCUT2D eigenvalue weighted by molar-refractivity contribution is 0.566. The summed E-state index contributed by atoms with van der Waals surface area (Å²) in [6, 6.07) is 0. The first-order valence-corrected chi connectivity index (χ1v) is 7.92. The molecule has 0 nitrogen and oxygen atoms in total. The van der Waals surface area contributed by atoms with Crippen LogP contribution in [0.5, 0.6) is 0 Å². The third-order valence-electron chi connectivity index (χ3n) is 3.25. The van der Waals surface area contributed by atoms with Gasteiger partial charge in [-0.15, -0.1) is 0 Å². The summed E-state index contributed by atoms with van der Waals surface area (Å²) < 4.78 is 0. The van der Waals surface area contributed by atoms with Gasteiger partial charge in [-0.25, -0.2) is 0 Å². The molecule has 0 unspecified atom stereocenters. The Labute approximate surface area is 110 Å². The zero-order valence-electron chi connectivity index (χ0n) is 12.5. The molecule has 0 saturated carbocycles. The average molecular weight is 238 g/mol. The van der Waals surface area contributed by atoms with Gasteiger partial charge in [0.25, 0.3) is 0 Å². The predicted molar refractivity (Wildman–Crippen MR) is 80.4 cm³/mol. The van der Waals surface area contributed by atoms with Crippen LogP contribution in [0, 0.1) is 5.92 Å². The molecule has 0 fully saturated rings. The fourth-order valence-electron chi connectivity index (χ4n) is 2.06. The van der Waals surface area contributed by atoms with Gasteiger partial charge >= 0.3 is 0 Å². The van der Waals surface area contributed by atoms with E-state index >= 15 is 0 Å². The summed E-state index contributed by atoms with van der Waals surface area (Å²) >= 11 is 0. The van der Waals surface area contributed by atoms with Gasteiger partial charge in [-0.2, -0.15) is 0 Å². The number of hydrogen-bond donors (Lipinski definition) is 0. The molecule has 0 saturated heterocycles. The van der Waals surface area contributed by atoms with Crippen LogP contribution in [0.3, 0.4) is 0 Å². The molecule has 102 valence electrons. The Morgan fingerprint density at radius 3 is 1.76 bits per heavy atom. The number of rotatable bonds is 12. The Balaban J connectivity index is 3.01. The van der Waals surface area contributed by atoms with Crippen molar-refractivity contribution in [2.75, 3.05) is 0 Å². The molecule has 0 heteroatoms. The lowest BCUT2D eigenvalue weighted by Gasteiger charge is -2.01. The van der Waals surface area contributed by atoms with Crippen molar-refractivity contribution >= 4 is 0 Å². The van der Waals surface area contributed by atoms with Crippen molar-refractivity contribution in [3.8, 4) is 0 Å². The third kappa shape index (κ3) is 15.7. The molecular formula is C17H34. The lowest BCUT2D eigenvalue weighted by atomic mass is 10.1. The Hall–Kier alpha value is -0.260. The monoisotopic (exact) mass is 238 g/mol. The van der Waals surface area contributed by atoms with Crippen molar-refractivity contribution in [2.45, 2.75) is 91.4 Å². The topological polar surface area (TPSA) is 0 Å². The summed E-state index contributed by atoms with van der Waals surface area (Å²) in [5, 5.41) is 0. The smallest absolute Gasteiger partial charge is 0.0327 e. The minimum absolute atomic E-state index is 0.814. The molecule has 0 aliphatic heterocycles. The van der Waals surface area contributed by atoms with Crippen LogP contribution in [0.2, 0.25) is 0 Å². The van der Waals surface area contributed by atoms with Crippen LogP contribution in [-0.2, 0) is 0 Å². The maximum atomic E-state index is 2.38. The van der Waals surface area contributed by atoms with E-state index in [-0.39, 0.29) is 0 Å². The van der Waals surface area contributed by atoms with E-state index in [4.69, 9.17) is 0 Å². The highest BCUT2D eigenvalue weighted by atomic mass is 14.0. The average Bonchev–Trinajstić information content (AvgIpc) is 2.30. The second-order valence-electron chi connectivity index (χ2n) is 5.72. The molecule has 0 rings (SSSR count). The fraction of sp³-hybridized carbons (Fsp3) is 0.882. The van der Waals surface area contributed by atoms with Crippen molar-refractivity contribution in [3.63, 3.8) is 0 Å². The van der Waals surface area contributed by atoms with Gasteiger partial charge < -0.3 is 0 Å². The van der Waals surface area contributed by atoms with Gasteiger partial charge in [-0.1, -0.05) is 84.3 Å². The molecule has 17 heavy (non-hydrogen) atoms. The minimum atomic E-state index is 0.814.